The van der Waals surface area contributed by atoms with E-state index in [-0.39, 0.29) is 17.7 Å². The predicted octanol–water partition coefficient (Wildman–Crippen LogP) is 2.73. The van der Waals surface area contributed by atoms with Gasteiger partial charge in [-0.1, -0.05) is 38.1 Å². The topological polar surface area (TPSA) is 56.8 Å². The fourth-order valence-corrected chi connectivity index (χ4v) is 4.56. The molecule has 2 amide bonds. The second-order valence-corrected chi connectivity index (χ2v) is 9.07. The van der Waals surface area contributed by atoms with Crippen molar-refractivity contribution in [1.82, 2.24) is 19.7 Å². The van der Waals surface area contributed by atoms with E-state index in [1.807, 2.05) is 46.5 Å². The van der Waals surface area contributed by atoms with Crippen LogP contribution in [0, 0.1) is 5.92 Å². The van der Waals surface area contributed by atoms with Crippen molar-refractivity contribution in [2.75, 3.05) is 26.2 Å². The molecule has 0 radical (unpaired) electrons. The van der Waals surface area contributed by atoms with Gasteiger partial charge in [-0.15, -0.1) is 0 Å². The van der Waals surface area contributed by atoms with Gasteiger partial charge < -0.3 is 9.80 Å². The van der Waals surface area contributed by atoms with Gasteiger partial charge in [-0.05, 0) is 34.7 Å². The van der Waals surface area contributed by atoms with Crippen LogP contribution in [-0.2, 0) is 29.1 Å². The summed E-state index contributed by atoms with van der Waals surface area (Å²) < 4.78 is 0. The first-order chi connectivity index (χ1) is 15.0. The second kappa shape index (κ2) is 9.60. The number of hydrogen-bond donors (Lipinski definition) is 0. The van der Waals surface area contributed by atoms with Crippen molar-refractivity contribution in [3.63, 3.8) is 0 Å². The van der Waals surface area contributed by atoms with Gasteiger partial charge >= 0.3 is 0 Å². The maximum Gasteiger partial charge on any atom is 0.245 e. The van der Waals surface area contributed by atoms with Gasteiger partial charge in [0.15, 0.2) is 0 Å². The van der Waals surface area contributed by atoms with Crippen LogP contribution in [0.5, 0.6) is 0 Å². The summed E-state index contributed by atoms with van der Waals surface area (Å²) in [5, 5.41) is 0. The van der Waals surface area contributed by atoms with Crippen LogP contribution in [0.15, 0.2) is 48.8 Å². The number of amides is 2. The number of aromatic nitrogens is 1. The zero-order chi connectivity index (χ0) is 21.8. The van der Waals surface area contributed by atoms with E-state index in [4.69, 9.17) is 0 Å². The maximum absolute atomic E-state index is 13.5. The molecule has 1 saturated heterocycles. The lowest BCUT2D eigenvalue weighted by atomic mass is 9.92. The van der Waals surface area contributed by atoms with Gasteiger partial charge in [0.25, 0.3) is 0 Å². The van der Waals surface area contributed by atoms with Gasteiger partial charge in [-0.3, -0.25) is 19.5 Å². The van der Waals surface area contributed by atoms with Crippen LogP contribution in [0.2, 0.25) is 0 Å². The molecule has 1 atom stereocenters. The smallest absolute Gasteiger partial charge is 0.245 e. The summed E-state index contributed by atoms with van der Waals surface area (Å²) in [5.41, 5.74) is 3.58. The Morgan fingerprint density at radius 3 is 2.35 bits per heavy atom. The standard InChI is InChI=1S/C25H32N4O2/c1-19(2)15-24(30)29-18-22-6-4-3-5-21(22)16-23(29)25(31)28-13-11-27(12-14-28)17-20-7-9-26-10-8-20/h3-10,19,23H,11-18H2,1-2H3. The van der Waals surface area contributed by atoms with Crippen molar-refractivity contribution in [1.29, 1.82) is 0 Å². The molecule has 2 aromatic rings. The number of benzene rings is 1. The van der Waals surface area contributed by atoms with E-state index in [9.17, 15) is 9.59 Å². The van der Waals surface area contributed by atoms with Crippen LogP contribution >= 0.6 is 0 Å². The van der Waals surface area contributed by atoms with Gasteiger partial charge in [-0.2, -0.15) is 0 Å². The third-order valence-electron chi connectivity index (χ3n) is 6.28. The van der Waals surface area contributed by atoms with E-state index in [1.165, 1.54) is 11.1 Å². The minimum Gasteiger partial charge on any atom is -0.338 e. The van der Waals surface area contributed by atoms with E-state index in [1.54, 1.807) is 0 Å². The zero-order valence-corrected chi connectivity index (χ0v) is 18.5. The highest BCUT2D eigenvalue weighted by molar-refractivity contribution is 5.88. The monoisotopic (exact) mass is 420 g/mol. The highest BCUT2D eigenvalue weighted by atomic mass is 16.2. The molecule has 0 aliphatic carbocycles. The number of fused-ring (bicyclic) bond motifs is 1. The fourth-order valence-electron chi connectivity index (χ4n) is 4.56. The number of piperazine rings is 1. The Morgan fingerprint density at radius 2 is 1.68 bits per heavy atom. The Morgan fingerprint density at radius 1 is 1.00 bits per heavy atom. The molecule has 1 aromatic heterocycles. The quantitative estimate of drug-likeness (QED) is 0.746. The van der Waals surface area contributed by atoms with Gasteiger partial charge in [0, 0.05) is 64.5 Å². The summed E-state index contributed by atoms with van der Waals surface area (Å²) in [7, 11) is 0. The van der Waals surface area contributed by atoms with E-state index < -0.39 is 6.04 Å². The lowest BCUT2D eigenvalue weighted by Gasteiger charge is -2.41. The average molecular weight is 421 g/mol. The summed E-state index contributed by atoms with van der Waals surface area (Å²) in [6.45, 7) is 8.60. The summed E-state index contributed by atoms with van der Waals surface area (Å²) in [4.78, 5) is 36.8. The maximum atomic E-state index is 13.5. The van der Waals surface area contributed by atoms with Crippen LogP contribution in [0.4, 0.5) is 0 Å². The number of carbonyl (C=O) groups is 2. The van der Waals surface area contributed by atoms with E-state index in [0.29, 0.717) is 32.5 Å². The van der Waals surface area contributed by atoms with Crippen LogP contribution in [0.25, 0.3) is 0 Å². The Labute approximate surface area is 184 Å². The van der Waals surface area contributed by atoms with E-state index in [2.05, 4.69) is 35.9 Å². The minimum absolute atomic E-state index is 0.0826. The molecule has 0 spiro atoms. The first-order valence-electron chi connectivity index (χ1n) is 11.3. The fraction of sp³-hybridized carbons (Fsp3) is 0.480. The number of carbonyl (C=O) groups excluding carboxylic acids is 2. The predicted molar refractivity (Wildman–Crippen MR) is 120 cm³/mol. The van der Waals surface area contributed by atoms with E-state index >= 15 is 0 Å². The molecule has 31 heavy (non-hydrogen) atoms. The lowest BCUT2D eigenvalue weighted by Crippen LogP contribution is -2.57. The van der Waals surface area contributed by atoms with Gasteiger partial charge in [0.1, 0.15) is 6.04 Å². The van der Waals surface area contributed by atoms with Gasteiger partial charge in [-0.25, -0.2) is 0 Å². The van der Waals surface area contributed by atoms with Crippen molar-refractivity contribution >= 4 is 11.8 Å². The normalized spacial score (nSPS) is 19.4. The molecular formula is C25H32N4O2. The molecule has 1 unspecified atom stereocenters. The van der Waals surface area contributed by atoms with Crippen molar-refractivity contribution < 1.29 is 9.59 Å². The first-order valence-corrected chi connectivity index (χ1v) is 11.3. The molecule has 164 valence electrons. The molecule has 0 N–H and O–H groups in total. The summed E-state index contributed by atoms with van der Waals surface area (Å²) >= 11 is 0. The average Bonchev–Trinajstić information content (AvgIpc) is 2.78. The SMILES string of the molecule is CC(C)CC(=O)N1Cc2ccccc2CC1C(=O)N1CCN(Cc2ccncc2)CC1. The van der Waals surface area contributed by atoms with Gasteiger partial charge in [0.2, 0.25) is 11.8 Å². The molecule has 6 heteroatoms. The van der Waals surface area contributed by atoms with Crippen molar-refractivity contribution in [2.45, 2.75) is 45.8 Å². The summed E-state index contributed by atoms with van der Waals surface area (Å²) in [6.07, 6.45) is 4.72. The number of nitrogens with zero attached hydrogens (tertiary/aromatic N) is 4. The molecule has 4 rings (SSSR count). The van der Waals surface area contributed by atoms with Crippen molar-refractivity contribution in [2.24, 2.45) is 5.92 Å². The summed E-state index contributed by atoms with van der Waals surface area (Å²) in [6, 6.07) is 11.9. The number of rotatable bonds is 5. The lowest BCUT2D eigenvalue weighted by molar-refractivity contribution is -0.148. The Hall–Kier alpha value is -2.73. The summed E-state index contributed by atoms with van der Waals surface area (Å²) in [5.74, 6) is 0.450. The van der Waals surface area contributed by atoms with E-state index in [0.717, 1.165) is 25.2 Å². The third-order valence-corrected chi connectivity index (χ3v) is 6.28. The van der Waals surface area contributed by atoms with Crippen molar-refractivity contribution in [3.8, 4) is 0 Å². The molecule has 3 heterocycles. The highest BCUT2D eigenvalue weighted by Gasteiger charge is 2.37. The number of pyridine rings is 1. The highest BCUT2D eigenvalue weighted by Crippen LogP contribution is 2.26. The minimum atomic E-state index is -0.395. The Balaban J connectivity index is 1.43. The van der Waals surface area contributed by atoms with Crippen LogP contribution in [0.3, 0.4) is 0 Å². The second-order valence-electron chi connectivity index (χ2n) is 9.07. The molecule has 0 saturated carbocycles. The largest absolute Gasteiger partial charge is 0.338 e. The number of hydrogen-bond acceptors (Lipinski definition) is 4. The molecule has 0 bridgehead atoms. The molecule has 2 aliphatic heterocycles. The molecule has 1 fully saturated rings. The molecular weight excluding hydrogens is 388 g/mol. The Kier molecular flexibility index (Phi) is 6.66. The van der Waals surface area contributed by atoms with Crippen LogP contribution < -0.4 is 0 Å². The van der Waals surface area contributed by atoms with Crippen LogP contribution in [-0.4, -0.2) is 63.7 Å². The first kappa shape index (κ1) is 21.5. The molecule has 1 aromatic carbocycles. The van der Waals surface area contributed by atoms with Crippen LogP contribution in [0.1, 0.15) is 37.0 Å². The molecule has 2 aliphatic rings. The van der Waals surface area contributed by atoms with Gasteiger partial charge in [0.05, 0.1) is 0 Å². The third kappa shape index (κ3) is 5.13. The molecule has 6 nitrogen and oxygen atoms in total. The zero-order valence-electron chi connectivity index (χ0n) is 18.5. The van der Waals surface area contributed by atoms with Crippen molar-refractivity contribution in [3.05, 3.63) is 65.5 Å². The Bertz CT molecular complexity index is 907.